The summed E-state index contributed by atoms with van der Waals surface area (Å²) in [5, 5.41) is 12.2. The SMILES string of the molecule is CC(C)CNC1CCN(CC(=O)O)CC1. The van der Waals surface area contributed by atoms with Crippen molar-refractivity contribution in [2.45, 2.75) is 32.7 Å². The molecule has 2 N–H and O–H groups in total. The average Bonchev–Trinajstić information content (AvgIpc) is 2.16. The van der Waals surface area contributed by atoms with E-state index in [2.05, 4.69) is 19.2 Å². The Morgan fingerprint density at radius 3 is 2.53 bits per heavy atom. The lowest BCUT2D eigenvalue weighted by molar-refractivity contribution is -0.138. The number of piperidine rings is 1. The van der Waals surface area contributed by atoms with E-state index >= 15 is 0 Å². The highest BCUT2D eigenvalue weighted by Gasteiger charge is 2.19. The van der Waals surface area contributed by atoms with Crippen molar-refractivity contribution in [2.24, 2.45) is 5.92 Å². The Balaban J connectivity index is 2.15. The molecule has 1 rings (SSSR count). The van der Waals surface area contributed by atoms with Gasteiger partial charge in [0.2, 0.25) is 0 Å². The van der Waals surface area contributed by atoms with Crippen LogP contribution in [0.15, 0.2) is 0 Å². The molecular weight excluding hydrogens is 192 g/mol. The molecule has 15 heavy (non-hydrogen) atoms. The number of aliphatic carboxylic acids is 1. The first-order valence-electron chi connectivity index (χ1n) is 5.75. The lowest BCUT2D eigenvalue weighted by Crippen LogP contribution is -2.44. The standard InChI is InChI=1S/C11H22N2O2/c1-9(2)7-12-10-3-5-13(6-4-10)8-11(14)15/h9-10,12H,3-8H2,1-2H3,(H,14,15). The smallest absolute Gasteiger partial charge is 0.317 e. The van der Waals surface area contributed by atoms with Crippen LogP contribution in [0.1, 0.15) is 26.7 Å². The monoisotopic (exact) mass is 214 g/mol. The van der Waals surface area contributed by atoms with Gasteiger partial charge in [-0.1, -0.05) is 13.8 Å². The van der Waals surface area contributed by atoms with E-state index in [4.69, 9.17) is 5.11 Å². The predicted octanol–water partition coefficient (Wildman–Crippen LogP) is 0.781. The summed E-state index contributed by atoms with van der Waals surface area (Å²) in [6.45, 7) is 7.46. The van der Waals surface area contributed by atoms with Gasteiger partial charge >= 0.3 is 5.97 Å². The van der Waals surface area contributed by atoms with Crippen LogP contribution in [0.2, 0.25) is 0 Å². The van der Waals surface area contributed by atoms with Crippen LogP contribution in [0.5, 0.6) is 0 Å². The summed E-state index contributed by atoms with van der Waals surface area (Å²) in [5.74, 6) is -0.0364. The van der Waals surface area contributed by atoms with E-state index in [1.54, 1.807) is 0 Å². The van der Waals surface area contributed by atoms with Crippen molar-refractivity contribution in [2.75, 3.05) is 26.2 Å². The molecule has 0 unspecified atom stereocenters. The van der Waals surface area contributed by atoms with E-state index in [9.17, 15) is 4.79 Å². The summed E-state index contributed by atoms with van der Waals surface area (Å²) in [5.41, 5.74) is 0. The molecule has 1 aliphatic heterocycles. The Kier molecular flexibility index (Phi) is 5.05. The van der Waals surface area contributed by atoms with Crippen LogP contribution < -0.4 is 5.32 Å². The maximum absolute atomic E-state index is 10.5. The van der Waals surface area contributed by atoms with Gasteiger partial charge in [-0.25, -0.2) is 0 Å². The van der Waals surface area contributed by atoms with Gasteiger partial charge in [-0.15, -0.1) is 0 Å². The van der Waals surface area contributed by atoms with Crippen molar-refractivity contribution < 1.29 is 9.90 Å². The molecule has 0 aromatic heterocycles. The van der Waals surface area contributed by atoms with Gasteiger partial charge in [0.25, 0.3) is 0 Å². The highest BCUT2D eigenvalue weighted by atomic mass is 16.4. The van der Waals surface area contributed by atoms with Gasteiger partial charge in [0, 0.05) is 19.1 Å². The first-order valence-corrected chi connectivity index (χ1v) is 5.75. The van der Waals surface area contributed by atoms with Crippen LogP contribution in [0, 0.1) is 5.92 Å². The van der Waals surface area contributed by atoms with Crippen molar-refractivity contribution in [1.29, 1.82) is 0 Å². The Bertz CT molecular complexity index is 199. The van der Waals surface area contributed by atoms with Crippen molar-refractivity contribution in [3.05, 3.63) is 0 Å². The fraction of sp³-hybridized carbons (Fsp3) is 0.909. The summed E-state index contributed by atoms with van der Waals surface area (Å²) in [6.07, 6.45) is 2.14. The second-order valence-electron chi connectivity index (χ2n) is 4.75. The van der Waals surface area contributed by atoms with E-state index in [0.717, 1.165) is 32.5 Å². The van der Waals surface area contributed by atoms with Crippen molar-refractivity contribution in [1.82, 2.24) is 10.2 Å². The normalized spacial score (nSPS) is 19.7. The van der Waals surface area contributed by atoms with Gasteiger partial charge in [0.05, 0.1) is 6.54 Å². The fourth-order valence-electron chi connectivity index (χ4n) is 1.89. The molecule has 88 valence electrons. The molecule has 0 aromatic carbocycles. The molecule has 1 aliphatic rings. The number of nitrogens with one attached hydrogen (secondary N) is 1. The molecule has 0 amide bonds. The van der Waals surface area contributed by atoms with Crippen LogP contribution in [0.3, 0.4) is 0 Å². The number of carboxylic acid groups (broad SMARTS) is 1. The molecule has 1 fully saturated rings. The molecule has 0 atom stereocenters. The Labute approximate surface area is 91.6 Å². The highest BCUT2D eigenvalue weighted by Crippen LogP contribution is 2.10. The number of rotatable bonds is 5. The minimum atomic E-state index is -0.719. The second-order valence-corrected chi connectivity index (χ2v) is 4.75. The lowest BCUT2D eigenvalue weighted by atomic mass is 10.0. The van der Waals surface area contributed by atoms with Crippen LogP contribution in [-0.2, 0) is 4.79 Å². The van der Waals surface area contributed by atoms with Crippen molar-refractivity contribution in [3.8, 4) is 0 Å². The van der Waals surface area contributed by atoms with Gasteiger partial charge in [0.1, 0.15) is 0 Å². The van der Waals surface area contributed by atoms with Crippen molar-refractivity contribution >= 4 is 5.97 Å². The third-order valence-electron chi connectivity index (χ3n) is 2.76. The first kappa shape index (κ1) is 12.5. The maximum Gasteiger partial charge on any atom is 0.317 e. The predicted molar refractivity (Wildman–Crippen MR) is 59.9 cm³/mol. The number of hydrogen-bond acceptors (Lipinski definition) is 3. The van der Waals surface area contributed by atoms with E-state index in [1.165, 1.54) is 0 Å². The van der Waals surface area contributed by atoms with E-state index < -0.39 is 5.97 Å². The number of carboxylic acids is 1. The number of hydrogen-bond donors (Lipinski definition) is 2. The number of nitrogens with zero attached hydrogens (tertiary/aromatic N) is 1. The highest BCUT2D eigenvalue weighted by molar-refractivity contribution is 5.69. The third kappa shape index (κ3) is 5.14. The molecule has 4 nitrogen and oxygen atoms in total. The first-order chi connectivity index (χ1) is 7.08. The zero-order valence-corrected chi connectivity index (χ0v) is 9.70. The summed E-state index contributed by atoms with van der Waals surface area (Å²) >= 11 is 0. The van der Waals surface area contributed by atoms with Gasteiger partial charge < -0.3 is 10.4 Å². The zero-order valence-electron chi connectivity index (χ0n) is 9.70. The Hall–Kier alpha value is -0.610. The van der Waals surface area contributed by atoms with Gasteiger partial charge in [-0.3, -0.25) is 9.69 Å². The van der Waals surface area contributed by atoms with E-state index in [1.807, 2.05) is 4.90 Å². The minimum Gasteiger partial charge on any atom is -0.480 e. The summed E-state index contributed by atoms with van der Waals surface area (Å²) in [6, 6.07) is 0.581. The maximum atomic E-state index is 10.5. The molecule has 0 saturated carbocycles. The van der Waals surface area contributed by atoms with Crippen LogP contribution in [0.4, 0.5) is 0 Å². The van der Waals surface area contributed by atoms with E-state index in [0.29, 0.717) is 12.0 Å². The molecule has 0 radical (unpaired) electrons. The summed E-state index contributed by atoms with van der Waals surface area (Å²) < 4.78 is 0. The topological polar surface area (TPSA) is 52.6 Å². The zero-order chi connectivity index (χ0) is 11.3. The summed E-state index contributed by atoms with van der Waals surface area (Å²) in [7, 11) is 0. The molecule has 0 spiro atoms. The van der Waals surface area contributed by atoms with Gasteiger partial charge in [0.15, 0.2) is 0 Å². The Morgan fingerprint density at radius 1 is 1.47 bits per heavy atom. The molecule has 0 bridgehead atoms. The molecule has 1 saturated heterocycles. The van der Waals surface area contributed by atoms with Crippen molar-refractivity contribution in [3.63, 3.8) is 0 Å². The molecule has 0 aromatic rings. The quantitative estimate of drug-likeness (QED) is 0.710. The molecule has 1 heterocycles. The molecule has 4 heteroatoms. The van der Waals surface area contributed by atoms with Gasteiger partial charge in [-0.2, -0.15) is 0 Å². The van der Waals surface area contributed by atoms with Crippen LogP contribution >= 0.6 is 0 Å². The number of carbonyl (C=O) groups is 1. The molecule has 0 aliphatic carbocycles. The van der Waals surface area contributed by atoms with Crippen LogP contribution in [0.25, 0.3) is 0 Å². The number of likely N-dealkylation sites (tertiary alicyclic amines) is 1. The largest absolute Gasteiger partial charge is 0.480 e. The average molecular weight is 214 g/mol. The lowest BCUT2D eigenvalue weighted by Gasteiger charge is -2.31. The second kappa shape index (κ2) is 6.08. The fourth-order valence-corrected chi connectivity index (χ4v) is 1.89. The van der Waals surface area contributed by atoms with Gasteiger partial charge in [-0.05, 0) is 25.3 Å². The molecular formula is C11H22N2O2. The Morgan fingerprint density at radius 2 is 2.07 bits per heavy atom. The van der Waals surface area contributed by atoms with Crippen LogP contribution in [-0.4, -0.2) is 48.2 Å². The van der Waals surface area contributed by atoms with E-state index in [-0.39, 0.29) is 6.54 Å². The minimum absolute atomic E-state index is 0.191. The third-order valence-corrected chi connectivity index (χ3v) is 2.76. The summed E-state index contributed by atoms with van der Waals surface area (Å²) in [4.78, 5) is 12.5.